The minimum atomic E-state index is -0.392. The minimum Gasteiger partial charge on any atom is -0.507 e. The largest absolute Gasteiger partial charge is 0.507 e. The fraction of sp³-hybridized carbons (Fsp3) is 0.222. The number of phenolic OH excluding ortho intramolecular Hbond substituents is 1. The molecule has 1 atom stereocenters. The van der Waals surface area contributed by atoms with Crippen LogP contribution in [0.5, 0.6) is 5.75 Å². The molecule has 118 valence electrons. The van der Waals surface area contributed by atoms with Gasteiger partial charge in [0, 0.05) is 31.6 Å². The molecule has 1 aliphatic heterocycles. The summed E-state index contributed by atoms with van der Waals surface area (Å²) in [6.45, 7) is 0. The number of benzene rings is 2. The van der Waals surface area contributed by atoms with E-state index in [4.69, 9.17) is 4.74 Å². The lowest BCUT2D eigenvalue weighted by Gasteiger charge is -2.16. The van der Waals surface area contributed by atoms with E-state index in [0.717, 1.165) is 5.56 Å². The number of cyclic esters (lactones) is 1. The van der Waals surface area contributed by atoms with Crippen LogP contribution in [-0.4, -0.2) is 35.9 Å². The van der Waals surface area contributed by atoms with Gasteiger partial charge < -0.3 is 14.9 Å². The van der Waals surface area contributed by atoms with Crippen molar-refractivity contribution in [2.75, 3.05) is 14.1 Å². The quantitative estimate of drug-likeness (QED) is 0.536. The molecule has 0 saturated carbocycles. The summed E-state index contributed by atoms with van der Waals surface area (Å²) in [7, 11) is 3.63. The van der Waals surface area contributed by atoms with Crippen LogP contribution in [0, 0.1) is 0 Å². The Morgan fingerprint density at radius 1 is 1.17 bits per heavy atom. The van der Waals surface area contributed by atoms with Gasteiger partial charge >= 0.3 is 5.97 Å². The van der Waals surface area contributed by atoms with E-state index in [-0.39, 0.29) is 11.7 Å². The van der Waals surface area contributed by atoms with Gasteiger partial charge in [-0.05, 0) is 18.2 Å². The number of esters is 1. The highest BCUT2D eigenvalue weighted by Crippen LogP contribution is 2.34. The molecule has 2 aromatic rings. The van der Waals surface area contributed by atoms with Crippen molar-refractivity contribution in [2.45, 2.75) is 12.5 Å². The van der Waals surface area contributed by atoms with Gasteiger partial charge in [-0.1, -0.05) is 30.3 Å². The van der Waals surface area contributed by atoms with E-state index in [0.29, 0.717) is 23.3 Å². The van der Waals surface area contributed by atoms with Crippen LogP contribution in [0.4, 0.5) is 0 Å². The minimum absolute atomic E-state index is 0.158. The van der Waals surface area contributed by atoms with Crippen molar-refractivity contribution in [3.8, 4) is 5.75 Å². The summed E-state index contributed by atoms with van der Waals surface area (Å²) < 4.78 is 5.49. The van der Waals surface area contributed by atoms with E-state index in [9.17, 15) is 9.90 Å². The van der Waals surface area contributed by atoms with Crippen LogP contribution in [0.25, 0.3) is 0 Å². The molecule has 5 nitrogen and oxygen atoms in total. The summed E-state index contributed by atoms with van der Waals surface area (Å²) >= 11 is 0. The van der Waals surface area contributed by atoms with Gasteiger partial charge in [-0.25, -0.2) is 4.79 Å². The Morgan fingerprint density at radius 3 is 2.61 bits per heavy atom. The van der Waals surface area contributed by atoms with E-state index >= 15 is 0 Å². The molecule has 0 saturated heterocycles. The zero-order chi connectivity index (χ0) is 16.4. The Morgan fingerprint density at radius 2 is 1.87 bits per heavy atom. The van der Waals surface area contributed by atoms with E-state index in [1.54, 1.807) is 29.3 Å². The van der Waals surface area contributed by atoms with Crippen LogP contribution in [0.2, 0.25) is 0 Å². The number of hydrazone groups is 1. The second-order valence-electron chi connectivity index (χ2n) is 5.60. The predicted molar refractivity (Wildman–Crippen MR) is 87.5 cm³/mol. The molecule has 1 heterocycles. The first-order valence-corrected chi connectivity index (χ1v) is 7.39. The summed E-state index contributed by atoms with van der Waals surface area (Å²) in [4.78, 5) is 12.0. The second kappa shape index (κ2) is 6.12. The number of hydrogen-bond acceptors (Lipinski definition) is 5. The first-order valence-electron chi connectivity index (χ1n) is 7.39. The fourth-order valence-corrected chi connectivity index (χ4v) is 2.71. The summed E-state index contributed by atoms with van der Waals surface area (Å²) in [5.41, 5.74) is 2.77. The molecule has 0 aromatic heterocycles. The number of fused-ring (bicyclic) bond motifs is 1. The maximum absolute atomic E-state index is 12.0. The molecule has 5 heteroatoms. The normalized spacial score (nSPS) is 16.9. The van der Waals surface area contributed by atoms with Gasteiger partial charge in [0.05, 0.1) is 11.3 Å². The molecule has 0 spiro atoms. The molecule has 1 aliphatic rings. The van der Waals surface area contributed by atoms with Crippen LogP contribution in [0.1, 0.15) is 34.0 Å². The number of aromatic hydroxyl groups is 1. The monoisotopic (exact) mass is 310 g/mol. The zero-order valence-electron chi connectivity index (χ0n) is 13.1. The number of phenols is 1. The van der Waals surface area contributed by atoms with E-state index in [2.05, 4.69) is 5.10 Å². The predicted octanol–water partition coefficient (Wildman–Crippen LogP) is 2.96. The van der Waals surface area contributed by atoms with Crippen molar-refractivity contribution in [3.05, 3.63) is 65.2 Å². The van der Waals surface area contributed by atoms with Crippen LogP contribution < -0.4 is 0 Å². The Kier molecular flexibility index (Phi) is 4.02. The molecular formula is C18H18N2O3. The molecule has 2 aromatic carbocycles. The fourth-order valence-electron chi connectivity index (χ4n) is 2.71. The van der Waals surface area contributed by atoms with Gasteiger partial charge in [-0.2, -0.15) is 5.10 Å². The number of rotatable bonds is 4. The van der Waals surface area contributed by atoms with Gasteiger partial charge in [-0.3, -0.25) is 0 Å². The first-order chi connectivity index (χ1) is 11.1. The lowest BCUT2D eigenvalue weighted by Crippen LogP contribution is -2.14. The summed E-state index contributed by atoms with van der Waals surface area (Å²) in [5, 5.41) is 16.2. The summed E-state index contributed by atoms with van der Waals surface area (Å²) in [5.74, 6) is -0.155. The van der Waals surface area contributed by atoms with Crippen LogP contribution in [-0.2, 0) is 4.74 Å². The highest BCUT2D eigenvalue weighted by atomic mass is 16.5. The number of hydrogen-bond donors (Lipinski definition) is 1. The van der Waals surface area contributed by atoms with Gasteiger partial charge in [0.1, 0.15) is 11.9 Å². The molecule has 0 amide bonds. The van der Waals surface area contributed by atoms with Gasteiger partial charge in [0.15, 0.2) is 0 Å². The van der Waals surface area contributed by atoms with Gasteiger partial charge in [-0.15, -0.1) is 0 Å². The number of ether oxygens (including phenoxy) is 1. The van der Waals surface area contributed by atoms with Crippen molar-refractivity contribution in [3.63, 3.8) is 0 Å². The van der Waals surface area contributed by atoms with Gasteiger partial charge in [0.25, 0.3) is 0 Å². The topological polar surface area (TPSA) is 62.1 Å². The van der Waals surface area contributed by atoms with Gasteiger partial charge in [0.2, 0.25) is 0 Å². The van der Waals surface area contributed by atoms with Crippen LogP contribution in [0.15, 0.2) is 53.6 Å². The number of para-hydroxylation sites is 1. The number of carbonyl (C=O) groups excluding carboxylic acids is 1. The lowest BCUT2D eigenvalue weighted by molar-refractivity contribution is 0.0400. The third kappa shape index (κ3) is 3.04. The highest BCUT2D eigenvalue weighted by molar-refractivity contribution is 6.04. The number of nitrogens with zero attached hydrogens (tertiary/aromatic N) is 2. The Bertz CT molecular complexity index is 768. The van der Waals surface area contributed by atoms with Crippen molar-refractivity contribution >= 4 is 11.7 Å². The average molecular weight is 310 g/mol. The molecule has 0 fully saturated rings. The van der Waals surface area contributed by atoms with Crippen LogP contribution >= 0.6 is 0 Å². The Hall–Kier alpha value is -2.82. The molecule has 0 bridgehead atoms. The van der Waals surface area contributed by atoms with E-state index < -0.39 is 6.10 Å². The SMILES string of the molecule is CN(C)/N=C(/C[C@@H]1OC(=O)c2ccccc21)c1ccccc1O. The maximum Gasteiger partial charge on any atom is 0.339 e. The molecule has 1 N–H and O–H groups in total. The zero-order valence-corrected chi connectivity index (χ0v) is 13.1. The van der Waals surface area contributed by atoms with Crippen LogP contribution in [0.3, 0.4) is 0 Å². The second-order valence-corrected chi connectivity index (χ2v) is 5.60. The molecule has 0 aliphatic carbocycles. The Labute approximate surface area is 134 Å². The van der Waals surface area contributed by atoms with E-state index in [1.165, 1.54) is 0 Å². The van der Waals surface area contributed by atoms with Crippen molar-refractivity contribution in [1.82, 2.24) is 5.01 Å². The highest BCUT2D eigenvalue weighted by Gasteiger charge is 2.32. The molecular weight excluding hydrogens is 292 g/mol. The summed E-state index contributed by atoms with van der Waals surface area (Å²) in [6, 6.07) is 14.4. The number of carbonyl (C=O) groups is 1. The third-order valence-electron chi connectivity index (χ3n) is 3.69. The molecule has 23 heavy (non-hydrogen) atoms. The summed E-state index contributed by atoms with van der Waals surface area (Å²) in [6.07, 6.45) is 0.00964. The standard InChI is InChI=1S/C18H18N2O3/c1-20(2)19-15(14-9-5-6-10-16(14)21)11-17-12-7-3-4-8-13(12)18(22)23-17/h3-10,17,21H,11H2,1-2H3/b19-15-/t17-/m0/s1. The third-order valence-corrected chi connectivity index (χ3v) is 3.69. The Balaban J connectivity index is 1.95. The molecule has 3 rings (SSSR count). The smallest absolute Gasteiger partial charge is 0.339 e. The average Bonchev–Trinajstić information content (AvgIpc) is 2.84. The first kappa shape index (κ1) is 15.1. The van der Waals surface area contributed by atoms with Crippen molar-refractivity contribution in [1.29, 1.82) is 0 Å². The van der Waals surface area contributed by atoms with E-state index in [1.807, 2.05) is 38.4 Å². The van der Waals surface area contributed by atoms with Crippen molar-refractivity contribution < 1.29 is 14.6 Å². The molecule has 0 radical (unpaired) electrons. The lowest BCUT2D eigenvalue weighted by atomic mass is 9.97. The molecule has 0 unspecified atom stereocenters. The maximum atomic E-state index is 12.0. The van der Waals surface area contributed by atoms with Crippen molar-refractivity contribution in [2.24, 2.45) is 5.10 Å².